The van der Waals surface area contributed by atoms with E-state index in [9.17, 15) is 0 Å². The van der Waals surface area contributed by atoms with E-state index < -0.39 is 0 Å². The van der Waals surface area contributed by atoms with Crippen molar-refractivity contribution in [2.45, 2.75) is 11.8 Å². The molecule has 2 aromatic rings. The van der Waals surface area contributed by atoms with Crippen LogP contribution in [-0.2, 0) is 7.05 Å². The first kappa shape index (κ1) is 13.9. The van der Waals surface area contributed by atoms with Crippen molar-refractivity contribution in [3.8, 4) is 11.6 Å². The predicted octanol–water partition coefficient (Wildman–Crippen LogP) is 2.88. The molecule has 19 heavy (non-hydrogen) atoms. The standard InChI is InChI=1S/C13H15N3OS2/c1-8-11(12(14)18)13(16(2)15-8)17-9-4-6-10(19-3)7-5-9/h4-7H,1-3H3,(H2,14,18). The Morgan fingerprint density at radius 3 is 2.53 bits per heavy atom. The summed E-state index contributed by atoms with van der Waals surface area (Å²) in [6, 6.07) is 7.84. The Morgan fingerprint density at radius 1 is 1.37 bits per heavy atom. The first-order valence-electron chi connectivity index (χ1n) is 5.68. The van der Waals surface area contributed by atoms with Crippen molar-refractivity contribution in [2.24, 2.45) is 12.8 Å². The monoisotopic (exact) mass is 293 g/mol. The highest BCUT2D eigenvalue weighted by Gasteiger charge is 2.17. The number of aryl methyl sites for hydroxylation is 2. The van der Waals surface area contributed by atoms with Crippen molar-refractivity contribution in [1.82, 2.24) is 9.78 Å². The zero-order chi connectivity index (χ0) is 14.0. The smallest absolute Gasteiger partial charge is 0.228 e. The minimum absolute atomic E-state index is 0.293. The maximum Gasteiger partial charge on any atom is 0.228 e. The molecule has 0 saturated carbocycles. The van der Waals surface area contributed by atoms with Crippen molar-refractivity contribution in [3.63, 3.8) is 0 Å². The van der Waals surface area contributed by atoms with Gasteiger partial charge in [-0.05, 0) is 37.4 Å². The van der Waals surface area contributed by atoms with Crippen LogP contribution in [0, 0.1) is 6.92 Å². The molecule has 0 aliphatic rings. The lowest BCUT2D eigenvalue weighted by atomic mass is 10.2. The quantitative estimate of drug-likeness (QED) is 0.694. The van der Waals surface area contributed by atoms with Crippen molar-refractivity contribution < 1.29 is 4.74 Å². The topological polar surface area (TPSA) is 53.1 Å². The average Bonchev–Trinajstić information content (AvgIpc) is 2.65. The Labute approximate surface area is 121 Å². The van der Waals surface area contributed by atoms with Gasteiger partial charge >= 0.3 is 0 Å². The Hall–Kier alpha value is -1.53. The van der Waals surface area contributed by atoms with Crippen LogP contribution in [0.3, 0.4) is 0 Å². The molecule has 0 bridgehead atoms. The lowest BCUT2D eigenvalue weighted by Crippen LogP contribution is -2.11. The van der Waals surface area contributed by atoms with Crippen molar-refractivity contribution in [1.29, 1.82) is 0 Å². The number of ether oxygens (including phenoxy) is 1. The van der Waals surface area contributed by atoms with Crippen LogP contribution in [0.15, 0.2) is 29.2 Å². The molecule has 0 aliphatic heterocycles. The minimum Gasteiger partial charge on any atom is -0.439 e. The van der Waals surface area contributed by atoms with E-state index in [-0.39, 0.29) is 0 Å². The Morgan fingerprint density at radius 2 is 2.00 bits per heavy atom. The van der Waals surface area contributed by atoms with Crippen LogP contribution >= 0.6 is 24.0 Å². The molecule has 2 N–H and O–H groups in total. The fourth-order valence-corrected chi connectivity index (χ4v) is 2.44. The van der Waals surface area contributed by atoms with Crippen LogP contribution in [0.25, 0.3) is 0 Å². The fraction of sp³-hybridized carbons (Fsp3) is 0.231. The first-order chi connectivity index (χ1) is 9.02. The second-order valence-corrected chi connectivity index (χ2v) is 5.35. The van der Waals surface area contributed by atoms with Crippen LogP contribution in [0.4, 0.5) is 0 Å². The van der Waals surface area contributed by atoms with Gasteiger partial charge in [0.05, 0.1) is 11.3 Å². The van der Waals surface area contributed by atoms with Gasteiger partial charge in [0.15, 0.2) is 0 Å². The average molecular weight is 293 g/mol. The predicted molar refractivity (Wildman–Crippen MR) is 82.1 cm³/mol. The number of hydrogen-bond acceptors (Lipinski definition) is 4. The number of hydrogen-bond donors (Lipinski definition) is 1. The molecule has 0 radical (unpaired) electrons. The van der Waals surface area contributed by atoms with Crippen molar-refractivity contribution in [2.75, 3.05) is 6.26 Å². The largest absolute Gasteiger partial charge is 0.439 e. The second kappa shape index (κ2) is 5.63. The summed E-state index contributed by atoms with van der Waals surface area (Å²) in [5.74, 6) is 1.31. The van der Waals surface area contributed by atoms with Gasteiger partial charge in [-0.1, -0.05) is 12.2 Å². The summed E-state index contributed by atoms with van der Waals surface area (Å²) in [7, 11) is 1.81. The Balaban J connectivity index is 2.34. The molecule has 1 aromatic heterocycles. The van der Waals surface area contributed by atoms with Gasteiger partial charge in [-0.2, -0.15) is 5.10 Å². The maximum atomic E-state index is 5.85. The third kappa shape index (κ3) is 2.90. The van der Waals surface area contributed by atoms with Crippen LogP contribution in [0.2, 0.25) is 0 Å². The third-order valence-electron chi connectivity index (χ3n) is 2.69. The Bertz CT molecular complexity index is 605. The van der Waals surface area contributed by atoms with Gasteiger partial charge in [-0.25, -0.2) is 4.68 Å². The van der Waals surface area contributed by atoms with E-state index >= 15 is 0 Å². The molecule has 1 heterocycles. The highest BCUT2D eigenvalue weighted by molar-refractivity contribution is 7.98. The lowest BCUT2D eigenvalue weighted by molar-refractivity contribution is 0.429. The number of rotatable bonds is 4. The van der Waals surface area contributed by atoms with Gasteiger partial charge in [0.25, 0.3) is 0 Å². The summed E-state index contributed by atoms with van der Waals surface area (Å²) >= 11 is 6.73. The van der Waals surface area contributed by atoms with Gasteiger partial charge in [0.2, 0.25) is 5.88 Å². The normalized spacial score (nSPS) is 10.5. The van der Waals surface area contributed by atoms with Crippen LogP contribution < -0.4 is 10.5 Å². The number of nitrogens with zero attached hydrogens (tertiary/aromatic N) is 2. The van der Waals surface area contributed by atoms with Crippen LogP contribution in [0.5, 0.6) is 11.6 Å². The molecule has 0 fully saturated rings. The molecule has 0 spiro atoms. The van der Waals surface area contributed by atoms with Gasteiger partial charge in [-0.3, -0.25) is 0 Å². The molecular formula is C13H15N3OS2. The molecule has 0 unspecified atom stereocenters. The first-order valence-corrected chi connectivity index (χ1v) is 7.31. The molecule has 0 aliphatic carbocycles. The van der Waals surface area contributed by atoms with Gasteiger partial charge in [0, 0.05) is 11.9 Å². The second-order valence-electron chi connectivity index (χ2n) is 4.03. The van der Waals surface area contributed by atoms with Crippen LogP contribution in [0.1, 0.15) is 11.3 Å². The highest BCUT2D eigenvalue weighted by atomic mass is 32.2. The molecule has 0 amide bonds. The zero-order valence-electron chi connectivity index (χ0n) is 11.0. The Kier molecular flexibility index (Phi) is 4.11. The molecule has 0 saturated heterocycles. The summed E-state index contributed by atoms with van der Waals surface area (Å²) in [6.45, 7) is 1.86. The van der Waals surface area contributed by atoms with Crippen molar-refractivity contribution >= 4 is 29.0 Å². The van der Waals surface area contributed by atoms with Crippen LogP contribution in [-0.4, -0.2) is 21.0 Å². The van der Waals surface area contributed by atoms with E-state index in [0.29, 0.717) is 16.4 Å². The molecular weight excluding hydrogens is 278 g/mol. The van der Waals surface area contributed by atoms with E-state index in [0.717, 1.165) is 11.4 Å². The number of aromatic nitrogens is 2. The summed E-state index contributed by atoms with van der Waals surface area (Å²) in [5, 5.41) is 4.28. The van der Waals surface area contributed by atoms with Gasteiger partial charge < -0.3 is 10.5 Å². The third-order valence-corrected chi connectivity index (χ3v) is 3.64. The van der Waals surface area contributed by atoms with E-state index in [2.05, 4.69) is 5.10 Å². The lowest BCUT2D eigenvalue weighted by Gasteiger charge is -2.08. The number of thiocarbonyl (C=S) groups is 1. The number of thioether (sulfide) groups is 1. The summed E-state index contributed by atoms with van der Waals surface area (Å²) in [5.41, 5.74) is 7.18. The molecule has 6 heteroatoms. The SMILES string of the molecule is CSc1ccc(Oc2c(C(N)=S)c(C)nn2C)cc1. The summed E-state index contributed by atoms with van der Waals surface area (Å²) in [4.78, 5) is 1.48. The molecule has 0 atom stereocenters. The fourth-order valence-electron chi connectivity index (χ4n) is 1.79. The molecule has 1 aromatic carbocycles. The summed E-state index contributed by atoms with van der Waals surface area (Å²) in [6.07, 6.45) is 2.03. The molecule has 2 rings (SSSR count). The van der Waals surface area contributed by atoms with E-state index in [1.54, 1.807) is 23.5 Å². The van der Waals surface area contributed by atoms with E-state index in [4.69, 9.17) is 22.7 Å². The highest BCUT2D eigenvalue weighted by Crippen LogP contribution is 2.28. The van der Waals surface area contributed by atoms with Crippen molar-refractivity contribution in [3.05, 3.63) is 35.5 Å². The van der Waals surface area contributed by atoms with Gasteiger partial charge in [-0.15, -0.1) is 11.8 Å². The number of nitrogens with two attached hydrogens (primary N) is 1. The minimum atomic E-state index is 0.293. The summed E-state index contributed by atoms with van der Waals surface area (Å²) < 4.78 is 7.49. The molecule has 4 nitrogen and oxygen atoms in total. The van der Waals surface area contributed by atoms with E-state index in [1.807, 2.05) is 37.4 Å². The van der Waals surface area contributed by atoms with Gasteiger partial charge in [0.1, 0.15) is 10.7 Å². The van der Waals surface area contributed by atoms with E-state index in [1.165, 1.54) is 4.90 Å². The number of benzene rings is 1. The maximum absolute atomic E-state index is 5.85. The molecule has 100 valence electrons. The zero-order valence-corrected chi connectivity index (χ0v) is 12.6.